The van der Waals surface area contributed by atoms with Crippen LogP contribution in [0.25, 0.3) is 0 Å². The molecule has 1 heterocycles. The Morgan fingerprint density at radius 3 is 2.68 bits per heavy atom. The van der Waals surface area contributed by atoms with Gasteiger partial charge in [-0.15, -0.1) is 0 Å². The Balaban J connectivity index is 2.23. The van der Waals surface area contributed by atoms with E-state index in [1.54, 1.807) is 0 Å². The van der Waals surface area contributed by atoms with Crippen molar-refractivity contribution in [1.29, 1.82) is 0 Å². The van der Waals surface area contributed by atoms with Gasteiger partial charge in [0, 0.05) is 24.8 Å². The normalized spacial score (nSPS) is 12.6. The molecule has 1 aromatic carbocycles. The summed E-state index contributed by atoms with van der Waals surface area (Å²) in [5.41, 5.74) is 5.09. The highest BCUT2D eigenvalue weighted by molar-refractivity contribution is 5.27. The van der Waals surface area contributed by atoms with Crippen LogP contribution < -0.4 is 5.32 Å². The van der Waals surface area contributed by atoms with Crippen molar-refractivity contribution in [1.82, 2.24) is 15.1 Å². The lowest BCUT2D eigenvalue weighted by Crippen LogP contribution is -2.23. The Morgan fingerprint density at radius 1 is 1.32 bits per heavy atom. The molecule has 0 aliphatic carbocycles. The summed E-state index contributed by atoms with van der Waals surface area (Å²) in [5, 5.41) is 8.02. The maximum absolute atomic E-state index is 4.45. The lowest BCUT2D eigenvalue weighted by atomic mass is 9.98. The van der Waals surface area contributed by atoms with Gasteiger partial charge in [0.05, 0.1) is 5.69 Å². The predicted molar refractivity (Wildman–Crippen MR) is 79.2 cm³/mol. The van der Waals surface area contributed by atoms with Gasteiger partial charge in [-0.05, 0) is 32.4 Å². The first kappa shape index (κ1) is 13.8. The molecule has 2 aromatic rings. The molecule has 2 rings (SSSR count). The summed E-state index contributed by atoms with van der Waals surface area (Å²) in [6.07, 6.45) is 3.13. The van der Waals surface area contributed by atoms with Gasteiger partial charge < -0.3 is 5.32 Å². The van der Waals surface area contributed by atoms with Crippen LogP contribution in [0.15, 0.2) is 30.5 Å². The van der Waals surface area contributed by atoms with Crippen molar-refractivity contribution in [2.45, 2.75) is 33.2 Å². The van der Waals surface area contributed by atoms with Crippen molar-refractivity contribution < 1.29 is 0 Å². The van der Waals surface area contributed by atoms with Crippen LogP contribution >= 0.6 is 0 Å². The Labute approximate surface area is 115 Å². The van der Waals surface area contributed by atoms with Gasteiger partial charge >= 0.3 is 0 Å². The fourth-order valence-electron chi connectivity index (χ4n) is 2.57. The summed E-state index contributed by atoms with van der Waals surface area (Å²) >= 11 is 0. The van der Waals surface area contributed by atoms with Crippen molar-refractivity contribution in [3.05, 3.63) is 52.8 Å². The zero-order valence-corrected chi connectivity index (χ0v) is 12.3. The monoisotopic (exact) mass is 257 g/mol. The zero-order valence-electron chi connectivity index (χ0n) is 12.3. The summed E-state index contributed by atoms with van der Waals surface area (Å²) in [7, 11) is 1.98. The minimum absolute atomic E-state index is 0.334. The lowest BCUT2D eigenvalue weighted by Gasteiger charge is -2.17. The van der Waals surface area contributed by atoms with Gasteiger partial charge in [0.15, 0.2) is 0 Å². The van der Waals surface area contributed by atoms with E-state index in [4.69, 9.17) is 0 Å². The van der Waals surface area contributed by atoms with Gasteiger partial charge in [-0.1, -0.05) is 36.8 Å². The number of nitrogens with zero attached hydrogens (tertiary/aromatic N) is 2. The maximum Gasteiger partial charge on any atom is 0.0641 e. The molecule has 0 aliphatic rings. The second-order valence-electron chi connectivity index (χ2n) is 5.15. The molecule has 0 fully saturated rings. The van der Waals surface area contributed by atoms with E-state index in [1.165, 1.54) is 16.7 Å². The first-order chi connectivity index (χ1) is 9.10. The molecule has 0 aliphatic heterocycles. The fourth-order valence-corrected chi connectivity index (χ4v) is 2.57. The zero-order chi connectivity index (χ0) is 13.8. The van der Waals surface area contributed by atoms with E-state index in [2.05, 4.69) is 61.6 Å². The molecular weight excluding hydrogens is 234 g/mol. The SMILES string of the molecule is CCNC(Cc1cccc(C)c1)c1cn(C)nc1C. The number of hydrogen-bond acceptors (Lipinski definition) is 2. The molecule has 0 spiro atoms. The Hall–Kier alpha value is -1.61. The second-order valence-corrected chi connectivity index (χ2v) is 5.15. The van der Waals surface area contributed by atoms with Crippen LogP contribution in [0, 0.1) is 13.8 Å². The molecule has 102 valence electrons. The van der Waals surface area contributed by atoms with Crippen molar-refractivity contribution in [2.24, 2.45) is 7.05 Å². The molecule has 0 saturated heterocycles. The first-order valence-electron chi connectivity index (χ1n) is 6.89. The minimum Gasteiger partial charge on any atom is -0.310 e. The topological polar surface area (TPSA) is 29.9 Å². The molecule has 1 atom stereocenters. The quantitative estimate of drug-likeness (QED) is 0.892. The van der Waals surface area contributed by atoms with Crippen LogP contribution in [0.1, 0.15) is 35.3 Å². The van der Waals surface area contributed by atoms with Crippen LogP contribution in [-0.4, -0.2) is 16.3 Å². The van der Waals surface area contributed by atoms with Gasteiger partial charge in [-0.2, -0.15) is 5.10 Å². The largest absolute Gasteiger partial charge is 0.310 e. The molecular formula is C16H23N3. The Bertz CT molecular complexity index is 543. The van der Waals surface area contributed by atoms with Crippen molar-refractivity contribution >= 4 is 0 Å². The molecule has 1 aromatic heterocycles. The molecule has 0 saturated carbocycles. The van der Waals surface area contributed by atoms with Gasteiger partial charge in [-0.25, -0.2) is 0 Å². The van der Waals surface area contributed by atoms with Crippen molar-refractivity contribution in [3.63, 3.8) is 0 Å². The fraction of sp³-hybridized carbons (Fsp3) is 0.438. The number of nitrogens with one attached hydrogen (secondary N) is 1. The molecule has 3 nitrogen and oxygen atoms in total. The van der Waals surface area contributed by atoms with E-state index in [0.717, 1.165) is 18.7 Å². The highest BCUT2D eigenvalue weighted by Crippen LogP contribution is 2.21. The Morgan fingerprint density at radius 2 is 2.11 bits per heavy atom. The number of benzene rings is 1. The summed E-state index contributed by atoms with van der Waals surface area (Å²) in [4.78, 5) is 0. The minimum atomic E-state index is 0.334. The molecule has 3 heteroatoms. The maximum atomic E-state index is 4.45. The summed E-state index contributed by atoms with van der Waals surface area (Å²) in [6.45, 7) is 7.33. The average Bonchev–Trinajstić information content (AvgIpc) is 2.68. The molecule has 0 bridgehead atoms. The van der Waals surface area contributed by atoms with Crippen LogP contribution in [-0.2, 0) is 13.5 Å². The second kappa shape index (κ2) is 6.02. The highest BCUT2D eigenvalue weighted by atomic mass is 15.3. The smallest absolute Gasteiger partial charge is 0.0641 e. The van der Waals surface area contributed by atoms with E-state index in [-0.39, 0.29) is 0 Å². The summed E-state index contributed by atoms with van der Waals surface area (Å²) < 4.78 is 1.89. The van der Waals surface area contributed by atoms with Crippen molar-refractivity contribution in [2.75, 3.05) is 6.54 Å². The average molecular weight is 257 g/mol. The van der Waals surface area contributed by atoms with E-state index >= 15 is 0 Å². The number of likely N-dealkylation sites (N-methyl/N-ethyl adjacent to an activating group) is 1. The number of aromatic nitrogens is 2. The lowest BCUT2D eigenvalue weighted by molar-refractivity contribution is 0.547. The molecule has 0 amide bonds. The molecule has 0 radical (unpaired) electrons. The molecule has 19 heavy (non-hydrogen) atoms. The van der Waals surface area contributed by atoms with Gasteiger partial charge in [0.2, 0.25) is 0 Å². The van der Waals surface area contributed by atoms with Gasteiger partial charge in [0.1, 0.15) is 0 Å². The number of rotatable bonds is 5. The summed E-state index contributed by atoms with van der Waals surface area (Å²) in [6, 6.07) is 9.06. The van der Waals surface area contributed by atoms with E-state index in [9.17, 15) is 0 Å². The number of aryl methyl sites for hydroxylation is 3. The van der Waals surface area contributed by atoms with Gasteiger partial charge in [-0.3, -0.25) is 4.68 Å². The molecule has 1 unspecified atom stereocenters. The van der Waals surface area contributed by atoms with Gasteiger partial charge in [0.25, 0.3) is 0 Å². The van der Waals surface area contributed by atoms with Crippen LogP contribution in [0.5, 0.6) is 0 Å². The van der Waals surface area contributed by atoms with Crippen LogP contribution in [0.2, 0.25) is 0 Å². The van der Waals surface area contributed by atoms with E-state index < -0.39 is 0 Å². The third-order valence-corrected chi connectivity index (χ3v) is 3.40. The van der Waals surface area contributed by atoms with E-state index in [0.29, 0.717) is 6.04 Å². The van der Waals surface area contributed by atoms with Crippen LogP contribution in [0.3, 0.4) is 0 Å². The standard InChI is InChI=1S/C16H23N3/c1-5-17-16(15-11-19(4)18-13(15)3)10-14-8-6-7-12(2)9-14/h6-9,11,16-17H,5,10H2,1-4H3. The van der Waals surface area contributed by atoms with E-state index in [1.807, 2.05) is 11.7 Å². The summed E-state index contributed by atoms with van der Waals surface area (Å²) in [5.74, 6) is 0. The third-order valence-electron chi connectivity index (χ3n) is 3.40. The van der Waals surface area contributed by atoms with Crippen molar-refractivity contribution in [3.8, 4) is 0 Å². The highest BCUT2D eigenvalue weighted by Gasteiger charge is 2.16. The van der Waals surface area contributed by atoms with Crippen LogP contribution in [0.4, 0.5) is 0 Å². The number of hydrogen-bond donors (Lipinski definition) is 1. The third kappa shape index (κ3) is 3.44. The Kier molecular flexibility index (Phi) is 4.38. The predicted octanol–water partition coefficient (Wildman–Crippen LogP) is 2.93. The molecule has 1 N–H and O–H groups in total. The first-order valence-corrected chi connectivity index (χ1v) is 6.89.